The number of sulfone groups is 1. The van der Waals surface area contributed by atoms with Crippen molar-refractivity contribution in [2.24, 2.45) is 0 Å². The van der Waals surface area contributed by atoms with E-state index in [9.17, 15) is 13.2 Å². The van der Waals surface area contributed by atoms with Crippen LogP contribution in [0.3, 0.4) is 0 Å². The highest BCUT2D eigenvalue weighted by atomic mass is 79.9. The number of hydrogen-bond acceptors (Lipinski definition) is 3. The third-order valence-electron chi connectivity index (χ3n) is 2.67. The lowest BCUT2D eigenvalue weighted by Gasteiger charge is -2.28. The summed E-state index contributed by atoms with van der Waals surface area (Å²) in [5.41, 5.74) is -0.413. The number of carbonyl (C=O) groups excluding carboxylic acids is 1. The first-order valence-corrected chi connectivity index (χ1v) is 8.22. The average Bonchev–Trinajstić information content (AvgIpc) is 2.16. The molecule has 1 heterocycles. The molecule has 94 valence electrons. The molecule has 1 fully saturated rings. The van der Waals surface area contributed by atoms with E-state index in [1.165, 1.54) is 0 Å². The van der Waals surface area contributed by atoms with Crippen LogP contribution in [-0.2, 0) is 14.6 Å². The van der Waals surface area contributed by atoms with Gasteiger partial charge < -0.3 is 5.32 Å². The van der Waals surface area contributed by atoms with Crippen LogP contribution in [0.2, 0.25) is 0 Å². The van der Waals surface area contributed by atoms with Gasteiger partial charge in [-0.1, -0.05) is 22.4 Å². The van der Waals surface area contributed by atoms with E-state index < -0.39 is 20.6 Å². The van der Waals surface area contributed by atoms with Crippen molar-refractivity contribution >= 4 is 31.7 Å². The fraction of sp³-hybridized carbons (Fsp3) is 0.900. The molecule has 1 unspecified atom stereocenters. The molecule has 1 atom stereocenters. The van der Waals surface area contributed by atoms with E-state index in [2.05, 4.69) is 21.2 Å². The highest BCUT2D eigenvalue weighted by Crippen LogP contribution is 2.20. The zero-order valence-corrected chi connectivity index (χ0v) is 12.0. The molecule has 0 aliphatic carbocycles. The smallest absolute Gasteiger partial charge is 0.238 e. The van der Waals surface area contributed by atoms with E-state index in [0.29, 0.717) is 18.2 Å². The minimum atomic E-state index is -3.23. The van der Waals surface area contributed by atoms with Gasteiger partial charge in [0.25, 0.3) is 0 Å². The van der Waals surface area contributed by atoms with Gasteiger partial charge >= 0.3 is 0 Å². The molecular weight excluding hydrogens is 294 g/mol. The lowest BCUT2D eigenvalue weighted by molar-refractivity contribution is -0.122. The van der Waals surface area contributed by atoms with Crippen LogP contribution in [0.25, 0.3) is 0 Å². The Bertz CT molecular complexity index is 364. The Morgan fingerprint density at radius 3 is 2.56 bits per heavy atom. The Hall–Kier alpha value is -0.100. The molecule has 6 heteroatoms. The van der Waals surface area contributed by atoms with Gasteiger partial charge in [0.05, 0.1) is 5.75 Å². The van der Waals surface area contributed by atoms with Crippen LogP contribution < -0.4 is 5.32 Å². The summed E-state index contributed by atoms with van der Waals surface area (Å²) in [6.07, 6.45) is 1.94. The van der Waals surface area contributed by atoms with Crippen molar-refractivity contribution in [2.75, 3.05) is 11.1 Å². The molecule has 0 aromatic rings. The van der Waals surface area contributed by atoms with Crippen molar-refractivity contribution in [1.82, 2.24) is 5.32 Å². The zero-order valence-electron chi connectivity index (χ0n) is 9.62. The number of nitrogens with one attached hydrogen (secondary N) is 1. The highest BCUT2D eigenvalue weighted by Gasteiger charge is 2.36. The molecule has 16 heavy (non-hydrogen) atoms. The van der Waals surface area contributed by atoms with Crippen LogP contribution in [0, 0.1) is 0 Å². The summed E-state index contributed by atoms with van der Waals surface area (Å²) in [6.45, 7) is 3.71. The second kappa shape index (κ2) is 5.04. The molecule has 1 aliphatic rings. The SMILES string of the molecule is CC(C)(CBr)NC(=O)C1CCCCS1(=O)=O. The summed E-state index contributed by atoms with van der Waals surface area (Å²) in [5.74, 6) is -0.219. The lowest BCUT2D eigenvalue weighted by atomic mass is 10.1. The van der Waals surface area contributed by atoms with Gasteiger partial charge in [0.1, 0.15) is 5.25 Å². The van der Waals surface area contributed by atoms with Gasteiger partial charge in [0.2, 0.25) is 5.91 Å². The van der Waals surface area contributed by atoms with Crippen LogP contribution in [0.5, 0.6) is 0 Å². The molecule has 0 aromatic heterocycles. The molecule has 1 aliphatic heterocycles. The topological polar surface area (TPSA) is 63.2 Å². The number of carbonyl (C=O) groups is 1. The number of halogens is 1. The largest absolute Gasteiger partial charge is 0.349 e. The van der Waals surface area contributed by atoms with Crippen molar-refractivity contribution in [3.8, 4) is 0 Å². The predicted octanol–water partition coefficient (Wildman–Crippen LogP) is 1.24. The average molecular weight is 312 g/mol. The molecule has 0 aromatic carbocycles. The quantitative estimate of drug-likeness (QED) is 0.798. The third kappa shape index (κ3) is 3.45. The monoisotopic (exact) mass is 311 g/mol. The fourth-order valence-corrected chi connectivity index (χ4v) is 3.64. The maximum absolute atomic E-state index is 11.9. The molecule has 1 amide bonds. The van der Waals surface area contributed by atoms with Crippen LogP contribution in [0.1, 0.15) is 33.1 Å². The minimum Gasteiger partial charge on any atom is -0.349 e. The van der Waals surface area contributed by atoms with Gasteiger partial charge in [-0.2, -0.15) is 0 Å². The first-order chi connectivity index (χ1) is 7.28. The summed E-state index contributed by atoms with van der Waals surface area (Å²) in [7, 11) is -3.23. The van der Waals surface area contributed by atoms with Crippen molar-refractivity contribution in [3.05, 3.63) is 0 Å². The maximum Gasteiger partial charge on any atom is 0.238 e. The summed E-state index contributed by atoms with van der Waals surface area (Å²) in [4.78, 5) is 11.9. The minimum absolute atomic E-state index is 0.139. The number of alkyl halides is 1. The van der Waals surface area contributed by atoms with E-state index >= 15 is 0 Å². The Morgan fingerprint density at radius 2 is 2.06 bits per heavy atom. The summed E-state index contributed by atoms with van der Waals surface area (Å²) in [6, 6.07) is 0. The van der Waals surface area contributed by atoms with Crippen molar-refractivity contribution < 1.29 is 13.2 Å². The molecule has 0 saturated carbocycles. The highest BCUT2D eigenvalue weighted by molar-refractivity contribution is 9.09. The Labute approximate surface area is 105 Å². The second-order valence-corrected chi connectivity index (χ2v) is 7.72. The second-order valence-electron chi connectivity index (χ2n) is 4.86. The van der Waals surface area contributed by atoms with E-state index in [1.54, 1.807) is 0 Å². The van der Waals surface area contributed by atoms with Gasteiger partial charge in [0.15, 0.2) is 9.84 Å². The fourth-order valence-electron chi connectivity index (χ4n) is 1.70. The van der Waals surface area contributed by atoms with Gasteiger partial charge in [-0.25, -0.2) is 8.42 Å². The van der Waals surface area contributed by atoms with E-state index in [0.717, 1.165) is 6.42 Å². The summed E-state index contributed by atoms with van der Waals surface area (Å²) >= 11 is 3.29. The molecule has 0 bridgehead atoms. The summed E-state index contributed by atoms with van der Waals surface area (Å²) < 4.78 is 23.4. The van der Waals surface area contributed by atoms with Crippen LogP contribution in [0.15, 0.2) is 0 Å². The molecule has 1 rings (SSSR count). The Balaban J connectivity index is 2.74. The van der Waals surface area contributed by atoms with Crippen LogP contribution in [-0.4, -0.2) is 36.2 Å². The Kier molecular flexibility index (Phi) is 4.40. The van der Waals surface area contributed by atoms with Gasteiger partial charge in [-0.05, 0) is 26.7 Å². The van der Waals surface area contributed by atoms with Crippen LogP contribution >= 0.6 is 15.9 Å². The predicted molar refractivity (Wildman–Crippen MR) is 67.4 cm³/mol. The van der Waals surface area contributed by atoms with Gasteiger partial charge in [-0.3, -0.25) is 4.79 Å². The lowest BCUT2D eigenvalue weighted by Crippen LogP contribution is -2.51. The molecule has 4 nitrogen and oxygen atoms in total. The number of amides is 1. The van der Waals surface area contributed by atoms with Gasteiger partial charge in [0, 0.05) is 10.9 Å². The normalized spacial score (nSPS) is 25.1. The Morgan fingerprint density at radius 1 is 1.44 bits per heavy atom. The molecule has 0 radical (unpaired) electrons. The maximum atomic E-state index is 11.9. The molecule has 1 saturated heterocycles. The van der Waals surface area contributed by atoms with Crippen molar-refractivity contribution in [2.45, 2.75) is 43.9 Å². The van der Waals surface area contributed by atoms with E-state index in [4.69, 9.17) is 0 Å². The third-order valence-corrected chi connectivity index (χ3v) is 6.24. The standard InChI is InChI=1S/C10H18BrNO3S/c1-10(2,7-11)12-9(13)8-5-3-4-6-16(8,14)15/h8H,3-7H2,1-2H3,(H,12,13). The van der Waals surface area contributed by atoms with E-state index in [-0.39, 0.29) is 11.7 Å². The summed E-state index contributed by atoms with van der Waals surface area (Å²) in [5, 5.41) is 2.51. The molecule has 0 spiro atoms. The molecule has 1 N–H and O–H groups in total. The number of rotatable bonds is 3. The van der Waals surface area contributed by atoms with Crippen molar-refractivity contribution in [3.63, 3.8) is 0 Å². The molecular formula is C10H18BrNO3S. The number of hydrogen-bond donors (Lipinski definition) is 1. The van der Waals surface area contributed by atoms with E-state index in [1.807, 2.05) is 13.8 Å². The van der Waals surface area contributed by atoms with Crippen molar-refractivity contribution in [1.29, 1.82) is 0 Å². The zero-order chi connectivity index (χ0) is 12.4. The van der Waals surface area contributed by atoms with Gasteiger partial charge in [-0.15, -0.1) is 0 Å². The van der Waals surface area contributed by atoms with Crippen LogP contribution in [0.4, 0.5) is 0 Å². The first-order valence-electron chi connectivity index (χ1n) is 5.38. The first kappa shape index (κ1) is 14.0.